The number of anilines is 2. The molecule has 4 aliphatic rings. The Kier molecular flexibility index (Phi) is 4.07. The topological polar surface area (TPSA) is 101 Å². The zero-order valence-electron chi connectivity index (χ0n) is 18.7. The predicted octanol–water partition coefficient (Wildman–Crippen LogP) is 2.88. The van der Waals surface area contributed by atoms with E-state index in [9.17, 15) is 9.59 Å². The zero-order chi connectivity index (χ0) is 24.0. The molecule has 0 aliphatic carbocycles. The molecule has 4 aromatic rings. The van der Waals surface area contributed by atoms with Crippen molar-refractivity contribution >= 4 is 50.7 Å². The number of amides is 2. The van der Waals surface area contributed by atoms with Crippen LogP contribution in [0, 0.1) is 17.8 Å². The van der Waals surface area contributed by atoms with Crippen LogP contribution in [0.2, 0.25) is 0 Å². The average molecular weight is 495 g/mol. The van der Waals surface area contributed by atoms with Crippen molar-refractivity contribution < 1.29 is 14.3 Å². The first-order valence-electron chi connectivity index (χ1n) is 11.8. The molecule has 9 nitrogen and oxygen atoms in total. The fourth-order valence-corrected chi connectivity index (χ4v) is 6.89. The summed E-state index contributed by atoms with van der Waals surface area (Å²) in [6, 6.07) is 17.3. The fraction of sp³-hybridized carbons (Fsp3) is 0.231. The molecule has 36 heavy (non-hydrogen) atoms. The van der Waals surface area contributed by atoms with E-state index in [0.717, 1.165) is 22.4 Å². The summed E-state index contributed by atoms with van der Waals surface area (Å²) >= 11 is 1.29. The lowest BCUT2D eigenvalue weighted by Gasteiger charge is -2.32. The van der Waals surface area contributed by atoms with Gasteiger partial charge in [0.15, 0.2) is 5.13 Å². The third-order valence-electron chi connectivity index (χ3n) is 7.63. The van der Waals surface area contributed by atoms with E-state index in [1.54, 1.807) is 17.8 Å². The highest BCUT2D eigenvalue weighted by Crippen LogP contribution is 2.56. The van der Waals surface area contributed by atoms with Gasteiger partial charge in [0.25, 0.3) is 0 Å². The van der Waals surface area contributed by atoms with Crippen LogP contribution in [0.5, 0.6) is 0 Å². The number of para-hydroxylation sites is 3. The Hall–Kier alpha value is -4.02. The molecule has 0 radical (unpaired) electrons. The molecule has 2 amide bonds. The molecular weight excluding hydrogens is 476 g/mol. The Labute approximate surface area is 209 Å². The summed E-state index contributed by atoms with van der Waals surface area (Å²) in [5.41, 5.74) is 3.87. The fourth-order valence-electron chi connectivity index (χ4n) is 6.24. The lowest BCUT2D eigenvalue weighted by atomic mass is 9.70. The van der Waals surface area contributed by atoms with E-state index in [4.69, 9.17) is 14.8 Å². The highest BCUT2D eigenvalue weighted by Gasteiger charge is 2.72. The third-order valence-corrected chi connectivity index (χ3v) is 8.39. The minimum absolute atomic E-state index is 0.222. The van der Waals surface area contributed by atoms with Crippen molar-refractivity contribution in [3.63, 3.8) is 0 Å². The maximum absolute atomic E-state index is 13.6. The molecule has 0 N–H and O–H groups in total. The number of ether oxygens (including phenoxy) is 1. The molecule has 0 spiro atoms. The average Bonchev–Trinajstić information content (AvgIpc) is 3.72. The van der Waals surface area contributed by atoms with Crippen molar-refractivity contribution in [1.82, 2.24) is 15.0 Å². The van der Waals surface area contributed by atoms with Crippen molar-refractivity contribution in [2.75, 3.05) is 9.91 Å². The van der Waals surface area contributed by atoms with Gasteiger partial charge in [-0.3, -0.25) is 19.6 Å². The number of hydrogen-bond donors (Lipinski definition) is 0. The summed E-state index contributed by atoms with van der Waals surface area (Å²) < 4.78 is 6.45. The van der Waals surface area contributed by atoms with Crippen LogP contribution in [0.3, 0.4) is 0 Å². The van der Waals surface area contributed by atoms with Gasteiger partial charge in [-0.25, -0.2) is 14.9 Å². The summed E-state index contributed by atoms with van der Waals surface area (Å²) in [7, 11) is 0. The maximum atomic E-state index is 13.6. The van der Waals surface area contributed by atoms with Crippen molar-refractivity contribution in [1.29, 1.82) is 0 Å². The number of hydrogen-bond acceptors (Lipinski definition) is 9. The number of imide groups is 1. The second kappa shape index (κ2) is 7.25. The Morgan fingerprint density at radius 2 is 1.58 bits per heavy atom. The standard InChI is InChI=1S/C26H18N6O3S/c33-24-17-18(25(34)31(24)26-27-10-11-36-26)23-21-19(22(17)35-23)20(30-32(21)13-6-2-1-3-7-13)16-12-28-14-8-4-5-9-15(14)29-16/h1-12,17-19,21-23H. The molecule has 10 heteroatoms. The Morgan fingerprint density at radius 1 is 0.833 bits per heavy atom. The van der Waals surface area contributed by atoms with Gasteiger partial charge in [-0.05, 0) is 24.3 Å². The van der Waals surface area contributed by atoms with Crippen molar-refractivity contribution in [3.8, 4) is 0 Å². The van der Waals surface area contributed by atoms with E-state index >= 15 is 0 Å². The van der Waals surface area contributed by atoms with Gasteiger partial charge in [0.05, 0.1) is 64.6 Å². The second-order valence-electron chi connectivity index (χ2n) is 9.37. The number of carbonyl (C=O) groups excluding carboxylic acids is 2. The van der Waals surface area contributed by atoms with Crippen LogP contribution >= 0.6 is 11.3 Å². The van der Waals surface area contributed by atoms with Gasteiger partial charge in [-0.2, -0.15) is 5.10 Å². The first kappa shape index (κ1) is 20.2. The molecule has 6 unspecified atom stereocenters. The van der Waals surface area contributed by atoms with E-state index in [2.05, 4.69) is 9.97 Å². The second-order valence-corrected chi connectivity index (χ2v) is 10.2. The summed E-state index contributed by atoms with van der Waals surface area (Å²) in [5.74, 6) is -1.83. The van der Waals surface area contributed by atoms with E-state index in [1.165, 1.54) is 16.2 Å². The van der Waals surface area contributed by atoms with E-state index < -0.39 is 24.0 Å². The van der Waals surface area contributed by atoms with E-state index in [0.29, 0.717) is 10.8 Å². The van der Waals surface area contributed by atoms with E-state index in [1.807, 2.05) is 59.6 Å². The van der Waals surface area contributed by atoms with Gasteiger partial charge in [0, 0.05) is 11.6 Å². The maximum Gasteiger partial charge on any atom is 0.242 e. The predicted molar refractivity (Wildman–Crippen MR) is 133 cm³/mol. The molecule has 4 aliphatic heterocycles. The van der Waals surface area contributed by atoms with Gasteiger partial charge in [0.2, 0.25) is 11.8 Å². The molecule has 2 bridgehead atoms. The quantitative estimate of drug-likeness (QED) is 0.404. The number of hydrazone groups is 1. The lowest BCUT2D eigenvalue weighted by Crippen LogP contribution is -2.50. The number of nitrogens with zero attached hydrogens (tertiary/aromatic N) is 6. The highest BCUT2D eigenvalue weighted by atomic mass is 32.1. The first-order chi connectivity index (χ1) is 17.7. The lowest BCUT2D eigenvalue weighted by molar-refractivity contribution is -0.125. The van der Waals surface area contributed by atoms with E-state index in [-0.39, 0.29) is 23.8 Å². The first-order valence-corrected chi connectivity index (χ1v) is 12.7. The molecule has 2 aromatic heterocycles. The molecule has 2 aromatic carbocycles. The Balaban J connectivity index is 1.26. The van der Waals surface area contributed by atoms with Crippen LogP contribution in [0.25, 0.3) is 11.0 Å². The smallest absolute Gasteiger partial charge is 0.242 e. The van der Waals surface area contributed by atoms with Crippen LogP contribution in [0.15, 0.2) is 77.5 Å². The molecule has 6 atom stereocenters. The van der Waals surface area contributed by atoms with Crippen LogP contribution in [0.1, 0.15) is 5.69 Å². The summed E-state index contributed by atoms with van der Waals surface area (Å²) in [4.78, 5) is 42.0. The largest absolute Gasteiger partial charge is 0.370 e. The van der Waals surface area contributed by atoms with Crippen molar-refractivity contribution in [2.24, 2.45) is 22.9 Å². The number of fused-ring (bicyclic) bond motifs is 9. The molecule has 176 valence electrons. The zero-order valence-corrected chi connectivity index (χ0v) is 19.5. The molecule has 3 saturated heterocycles. The summed E-state index contributed by atoms with van der Waals surface area (Å²) in [6.07, 6.45) is 2.39. The van der Waals surface area contributed by atoms with Crippen LogP contribution in [-0.4, -0.2) is 50.7 Å². The molecular formula is C26H18N6O3S. The van der Waals surface area contributed by atoms with Crippen molar-refractivity contribution in [2.45, 2.75) is 18.2 Å². The Bertz CT molecular complexity index is 1580. The number of rotatable bonds is 3. The molecule has 0 saturated carbocycles. The van der Waals surface area contributed by atoms with Crippen molar-refractivity contribution in [3.05, 3.63) is 78.1 Å². The molecule has 3 fully saturated rings. The van der Waals surface area contributed by atoms with Gasteiger partial charge in [-0.1, -0.05) is 30.3 Å². The minimum atomic E-state index is -0.568. The normalized spacial score (nSPS) is 30.3. The number of aromatic nitrogens is 3. The van der Waals surface area contributed by atoms with Gasteiger partial charge in [-0.15, -0.1) is 11.3 Å². The molecule has 8 rings (SSSR count). The summed E-state index contributed by atoms with van der Waals surface area (Å²) in [5, 5.41) is 9.16. The van der Waals surface area contributed by atoms with Crippen LogP contribution in [-0.2, 0) is 14.3 Å². The third kappa shape index (κ3) is 2.57. The van der Waals surface area contributed by atoms with Gasteiger partial charge < -0.3 is 4.74 Å². The minimum Gasteiger partial charge on any atom is -0.370 e. The highest BCUT2D eigenvalue weighted by molar-refractivity contribution is 7.14. The number of thiazole rings is 1. The monoisotopic (exact) mass is 494 g/mol. The molecule has 6 heterocycles. The number of benzene rings is 2. The van der Waals surface area contributed by atoms with Gasteiger partial charge >= 0.3 is 0 Å². The van der Waals surface area contributed by atoms with Gasteiger partial charge in [0.1, 0.15) is 5.69 Å². The SMILES string of the molecule is O=C1C2C3OC(C2C(=O)N1c1nccs1)C1C3C(c2cnc3ccccc3n2)=NN1c1ccccc1. The number of carbonyl (C=O) groups is 2. The van der Waals surface area contributed by atoms with Crippen LogP contribution < -0.4 is 9.91 Å². The Morgan fingerprint density at radius 3 is 2.36 bits per heavy atom. The summed E-state index contributed by atoms with van der Waals surface area (Å²) in [6.45, 7) is 0. The van der Waals surface area contributed by atoms with Crippen LogP contribution in [0.4, 0.5) is 10.8 Å².